The van der Waals surface area contributed by atoms with Crippen molar-refractivity contribution in [2.75, 3.05) is 13.1 Å². The molecule has 68 valence electrons. The molecule has 0 spiro atoms. The summed E-state index contributed by atoms with van der Waals surface area (Å²) in [5.41, 5.74) is 0. The smallest absolute Gasteiger partial charge is 0.141 e. The van der Waals surface area contributed by atoms with Crippen LogP contribution in [-0.4, -0.2) is 18.2 Å². The molecule has 3 nitrogen and oxygen atoms in total. The van der Waals surface area contributed by atoms with Crippen LogP contribution in [0, 0.1) is 0 Å². The van der Waals surface area contributed by atoms with Gasteiger partial charge in [-0.1, -0.05) is 5.16 Å². The Morgan fingerprint density at radius 3 is 3.08 bits per heavy atom. The highest BCUT2D eigenvalue weighted by Gasteiger charge is 2.17. The maximum absolute atomic E-state index is 5.08. The molecule has 2 rings (SSSR count). The van der Waals surface area contributed by atoms with E-state index in [0.29, 0.717) is 5.92 Å². The van der Waals surface area contributed by atoms with Crippen LogP contribution in [0.2, 0.25) is 0 Å². The Labute approximate surface area is 77.9 Å². The molecule has 4 heteroatoms. The first kappa shape index (κ1) is 9.55. The zero-order chi connectivity index (χ0) is 7.52. The highest BCUT2D eigenvalue weighted by molar-refractivity contribution is 5.85. The van der Waals surface area contributed by atoms with E-state index >= 15 is 0 Å². The fourth-order valence-corrected chi connectivity index (χ4v) is 1.53. The minimum Gasteiger partial charge on any atom is -0.361 e. The second-order valence-electron chi connectivity index (χ2n) is 2.96. The van der Waals surface area contributed by atoms with Crippen molar-refractivity contribution in [2.24, 2.45) is 0 Å². The number of nitrogens with zero attached hydrogens (tertiary/aromatic N) is 1. The third-order valence-corrected chi connectivity index (χ3v) is 2.16. The van der Waals surface area contributed by atoms with Crippen LogP contribution in [-0.2, 0) is 0 Å². The summed E-state index contributed by atoms with van der Waals surface area (Å²) in [7, 11) is 0. The SMILES string of the molecule is Cl.c1cc(C2CCCNC2)on1. The van der Waals surface area contributed by atoms with Crippen molar-refractivity contribution in [2.45, 2.75) is 18.8 Å². The normalized spacial score (nSPS) is 23.2. The zero-order valence-corrected chi connectivity index (χ0v) is 7.64. The zero-order valence-electron chi connectivity index (χ0n) is 6.82. The molecule has 1 aromatic rings. The highest BCUT2D eigenvalue weighted by Crippen LogP contribution is 2.21. The quantitative estimate of drug-likeness (QED) is 0.727. The number of aromatic nitrogens is 1. The van der Waals surface area contributed by atoms with Gasteiger partial charge in [0.25, 0.3) is 0 Å². The van der Waals surface area contributed by atoms with Crippen LogP contribution in [0.1, 0.15) is 24.5 Å². The molecule has 1 fully saturated rings. The molecule has 0 radical (unpaired) electrons. The molecule has 2 heterocycles. The van der Waals surface area contributed by atoms with Crippen molar-refractivity contribution in [1.82, 2.24) is 10.5 Å². The van der Waals surface area contributed by atoms with Crippen LogP contribution in [0.4, 0.5) is 0 Å². The average Bonchev–Trinajstić information content (AvgIpc) is 2.58. The second-order valence-corrected chi connectivity index (χ2v) is 2.96. The molecule has 1 atom stereocenters. The number of rotatable bonds is 1. The van der Waals surface area contributed by atoms with Gasteiger partial charge in [-0.15, -0.1) is 12.4 Å². The monoisotopic (exact) mass is 188 g/mol. The Balaban J connectivity index is 0.000000720. The second kappa shape index (κ2) is 4.48. The Kier molecular flexibility index (Phi) is 3.56. The number of nitrogens with one attached hydrogen (secondary N) is 1. The van der Waals surface area contributed by atoms with Gasteiger partial charge in [-0.05, 0) is 19.4 Å². The van der Waals surface area contributed by atoms with E-state index in [1.807, 2.05) is 6.07 Å². The topological polar surface area (TPSA) is 38.1 Å². The van der Waals surface area contributed by atoms with E-state index in [0.717, 1.165) is 18.8 Å². The van der Waals surface area contributed by atoms with Crippen molar-refractivity contribution in [3.8, 4) is 0 Å². The van der Waals surface area contributed by atoms with Gasteiger partial charge < -0.3 is 9.84 Å². The molecule has 1 aromatic heterocycles. The summed E-state index contributed by atoms with van der Waals surface area (Å²) in [5, 5.41) is 7.03. The molecule has 1 aliphatic heterocycles. The fourth-order valence-electron chi connectivity index (χ4n) is 1.53. The Morgan fingerprint density at radius 2 is 2.50 bits per heavy atom. The minimum atomic E-state index is 0. The molecule has 0 bridgehead atoms. The van der Waals surface area contributed by atoms with Crippen LogP contribution in [0.15, 0.2) is 16.8 Å². The van der Waals surface area contributed by atoms with Crippen LogP contribution in [0.5, 0.6) is 0 Å². The first-order valence-corrected chi connectivity index (χ1v) is 4.08. The summed E-state index contributed by atoms with van der Waals surface area (Å²) in [6.07, 6.45) is 4.18. The standard InChI is InChI=1S/C8H12N2O.ClH/c1-2-7(6-9-4-1)8-3-5-10-11-8;/h3,5,7,9H,1-2,4,6H2;1H. The molecule has 0 amide bonds. The highest BCUT2D eigenvalue weighted by atomic mass is 35.5. The maximum Gasteiger partial charge on any atom is 0.141 e. The van der Waals surface area contributed by atoms with E-state index < -0.39 is 0 Å². The van der Waals surface area contributed by atoms with Crippen molar-refractivity contribution >= 4 is 12.4 Å². The first-order chi connectivity index (χ1) is 5.47. The molecular weight excluding hydrogens is 176 g/mol. The van der Waals surface area contributed by atoms with Crippen molar-refractivity contribution in [1.29, 1.82) is 0 Å². The first-order valence-electron chi connectivity index (χ1n) is 4.08. The summed E-state index contributed by atoms with van der Waals surface area (Å²) in [6, 6.07) is 1.96. The van der Waals surface area contributed by atoms with Gasteiger partial charge in [-0.3, -0.25) is 0 Å². The van der Waals surface area contributed by atoms with Crippen molar-refractivity contribution in [3.63, 3.8) is 0 Å². The molecule has 1 N–H and O–H groups in total. The predicted octanol–water partition coefficient (Wildman–Crippen LogP) is 1.56. The van der Waals surface area contributed by atoms with E-state index in [2.05, 4.69) is 10.5 Å². The fraction of sp³-hybridized carbons (Fsp3) is 0.625. The summed E-state index contributed by atoms with van der Waals surface area (Å²) in [5.74, 6) is 1.57. The number of hydrogen-bond acceptors (Lipinski definition) is 3. The average molecular weight is 189 g/mol. The Hall–Kier alpha value is -0.540. The maximum atomic E-state index is 5.08. The van der Waals surface area contributed by atoms with Gasteiger partial charge in [0.15, 0.2) is 0 Å². The molecule has 1 aliphatic rings. The van der Waals surface area contributed by atoms with Gasteiger partial charge in [-0.25, -0.2) is 0 Å². The predicted molar refractivity (Wildman–Crippen MR) is 48.6 cm³/mol. The summed E-state index contributed by atoms with van der Waals surface area (Å²) in [4.78, 5) is 0. The van der Waals surface area contributed by atoms with E-state index in [1.165, 1.54) is 12.8 Å². The molecule has 1 unspecified atom stereocenters. The third kappa shape index (κ3) is 1.99. The summed E-state index contributed by atoms with van der Waals surface area (Å²) in [6.45, 7) is 2.18. The number of piperidine rings is 1. The van der Waals surface area contributed by atoms with Gasteiger partial charge in [0.2, 0.25) is 0 Å². The van der Waals surface area contributed by atoms with Crippen molar-refractivity contribution in [3.05, 3.63) is 18.0 Å². The van der Waals surface area contributed by atoms with Gasteiger partial charge in [0.1, 0.15) is 5.76 Å². The Morgan fingerprint density at radius 1 is 1.58 bits per heavy atom. The van der Waals surface area contributed by atoms with E-state index in [-0.39, 0.29) is 12.4 Å². The van der Waals surface area contributed by atoms with Gasteiger partial charge >= 0.3 is 0 Å². The van der Waals surface area contributed by atoms with Crippen LogP contribution < -0.4 is 5.32 Å². The number of hydrogen-bond donors (Lipinski definition) is 1. The van der Waals surface area contributed by atoms with E-state index in [4.69, 9.17) is 4.52 Å². The lowest BCUT2D eigenvalue weighted by Gasteiger charge is -2.19. The summed E-state index contributed by atoms with van der Waals surface area (Å²) >= 11 is 0. The molecule has 1 saturated heterocycles. The van der Waals surface area contributed by atoms with Gasteiger partial charge in [0.05, 0.1) is 6.20 Å². The van der Waals surface area contributed by atoms with Gasteiger partial charge in [0, 0.05) is 18.5 Å². The van der Waals surface area contributed by atoms with Gasteiger partial charge in [-0.2, -0.15) is 0 Å². The van der Waals surface area contributed by atoms with Crippen LogP contribution in [0.3, 0.4) is 0 Å². The lowest BCUT2D eigenvalue weighted by atomic mass is 9.97. The summed E-state index contributed by atoms with van der Waals surface area (Å²) < 4.78 is 5.08. The lowest BCUT2D eigenvalue weighted by Crippen LogP contribution is -2.28. The van der Waals surface area contributed by atoms with Crippen LogP contribution >= 0.6 is 12.4 Å². The van der Waals surface area contributed by atoms with E-state index in [9.17, 15) is 0 Å². The van der Waals surface area contributed by atoms with E-state index in [1.54, 1.807) is 6.20 Å². The molecular formula is C8H13ClN2O. The van der Waals surface area contributed by atoms with Crippen LogP contribution in [0.25, 0.3) is 0 Å². The number of halogens is 1. The molecule has 0 aromatic carbocycles. The minimum absolute atomic E-state index is 0. The lowest BCUT2D eigenvalue weighted by molar-refractivity contribution is 0.329. The van der Waals surface area contributed by atoms with Crippen molar-refractivity contribution < 1.29 is 4.52 Å². The molecule has 0 saturated carbocycles. The molecule has 0 aliphatic carbocycles. The Bertz CT molecular complexity index is 207. The molecule has 12 heavy (non-hydrogen) atoms. The largest absolute Gasteiger partial charge is 0.361 e. The third-order valence-electron chi connectivity index (χ3n) is 2.16.